The van der Waals surface area contributed by atoms with Crippen molar-refractivity contribution >= 4 is 32.4 Å². The second-order valence-electron chi connectivity index (χ2n) is 7.83. The number of amides is 1. The molecule has 3 aromatic carbocycles. The molecule has 0 radical (unpaired) electrons. The van der Waals surface area contributed by atoms with Crippen LogP contribution in [0.3, 0.4) is 0 Å². The SMILES string of the molecule is C[C@H](CCc1ccccc1)NC(=O)c1ccc2c(c1)sc1nc(-c3ccccc3)cn12. The van der Waals surface area contributed by atoms with Crippen LogP contribution in [0.5, 0.6) is 0 Å². The van der Waals surface area contributed by atoms with Crippen molar-refractivity contribution in [3.8, 4) is 11.3 Å². The van der Waals surface area contributed by atoms with Gasteiger partial charge in [-0.3, -0.25) is 9.20 Å². The van der Waals surface area contributed by atoms with Crippen LogP contribution in [-0.4, -0.2) is 21.3 Å². The van der Waals surface area contributed by atoms with E-state index in [1.54, 1.807) is 11.3 Å². The summed E-state index contributed by atoms with van der Waals surface area (Å²) < 4.78 is 3.17. The molecule has 5 aromatic rings. The van der Waals surface area contributed by atoms with Crippen LogP contribution in [0.2, 0.25) is 0 Å². The molecular weight excluding hydrogens is 402 g/mol. The number of benzene rings is 3. The van der Waals surface area contributed by atoms with Crippen LogP contribution < -0.4 is 5.32 Å². The van der Waals surface area contributed by atoms with E-state index < -0.39 is 0 Å². The van der Waals surface area contributed by atoms with Gasteiger partial charge < -0.3 is 5.32 Å². The molecule has 1 N–H and O–H groups in total. The maximum atomic E-state index is 12.8. The summed E-state index contributed by atoms with van der Waals surface area (Å²) in [5.41, 5.74) is 5.12. The van der Waals surface area contributed by atoms with Crippen LogP contribution in [0.15, 0.2) is 85.1 Å². The summed E-state index contributed by atoms with van der Waals surface area (Å²) in [5.74, 6) is -0.0292. The second-order valence-corrected chi connectivity index (χ2v) is 8.84. The van der Waals surface area contributed by atoms with Gasteiger partial charge in [0.2, 0.25) is 0 Å². The molecule has 5 heteroatoms. The predicted molar refractivity (Wildman–Crippen MR) is 128 cm³/mol. The van der Waals surface area contributed by atoms with E-state index >= 15 is 0 Å². The average molecular weight is 426 g/mol. The molecule has 31 heavy (non-hydrogen) atoms. The Bertz CT molecular complexity index is 1340. The van der Waals surface area contributed by atoms with Crippen LogP contribution in [0.4, 0.5) is 0 Å². The Kier molecular flexibility index (Phi) is 5.26. The molecule has 2 aromatic heterocycles. The Balaban J connectivity index is 1.31. The smallest absolute Gasteiger partial charge is 0.251 e. The Labute approximate surface area is 185 Å². The minimum atomic E-state index is -0.0292. The lowest BCUT2D eigenvalue weighted by Crippen LogP contribution is -2.32. The lowest BCUT2D eigenvalue weighted by molar-refractivity contribution is 0.0938. The van der Waals surface area contributed by atoms with Crippen molar-refractivity contribution in [3.05, 3.63) is 96.2 Å². The van der Waals surface area contributed by atoms with E-state index in [9.17, 15) is 4.79 Å². The molecule has 0 fully saturated rings. The van der Waals surface area contributed by atoms with Crippen molar-refractivity contribution in [3.63, 3.8) is 0 Å². The fourth-order valence-electron chi connectivity index (χ4n) is 3.80. The van der Waals surface area contributed by atoms with E-state index in [4.69, 9.17) is 4.98 Å². The van der Waals surface area contributed by atoms with E-state index in [0.717, 1.165) is 39.3 Å². The number of hydrogen-bond acceptors (Lipinski definition) is 3. The molecule has 0 saturated heterocycles. The number of carbonyl (C=O) groups excluding carboxylic acids is 1. The third kappa shape index (κ3) is 4.09. The first-order chi connectivity index (χ1) is 15.2. The number of rotatable bonds is 6. The summed E-state index contributed by atoms with van der Waals surface area (Å²) in [7, 11) is 0. The van der Waals surface area contributed by atoms with Gasteiger partial charge in [-0.05, 0) is 43.5 Å². The molecule has 0 spiro atoms. The Hall–Kier alpha value is -3.44. The van der Waals surface area contributed by atoms with Crippen LogP contribution in [-0.2, 0) is 6.42 Å². The summed E-state index contributed by atoms with van der Waals surface area (Å²) >= 11 is 1.61. The first-order valence-electron chi connectivity index (χ1n) is 10.5. The molecule has 0 bridgehead atoms. The molecule has 154 valence electrons. The third-order valence-electron chi connectivity index (χ3n) is 5.51. The van der Waals surface area contributed by atoms with Crippen molar-refractivity contribution in [2.45, 2.75) is 25.8 Å². The van der Waals surface area contributed by atoms with E-state index in [2.05, 4.69) is 59.2 Å². The van der Waals surface area contributed by atoms with E-state index in [1.165, 1.54) is 5.56 Å². The van der Waals surface area contributed by atoms with E-state index in [1.807, 2.05) is 42.5 Å². The quantitative estimate of drug-likeness (QED) is 0.364. The summed E-state index contributed by atoms with van der Waals surface area (Å²) in [6, 6.07) is 26.5. The number of aromatic nitrogens is 2. The molecule has 1 atom stereocenters. The summed E-state index contributed by atoms with van der Waals surface area (Å²) in [5, 5.41) is 3.13. The number of imidazole rings is 1. The number of carbonyl (C=O) groups is 1. The van der Waals surface area contributed by atoms with Crippen LogP contribution in [0.1, 0.15) is 29.3 Å². The highest BCUT2D eigenvalue weighted by Crippen LogP contribution is 2.30. The molecule has 5 rings (SSSR count). The van der Waals surface area contributed by atoms with Gasteiger partial charge in [0, 0.05) is 23.4 Å². The first-order valence-corrected chi connectivity index (χ1v) is 11.3. The van der Waals surface area contributed by atoms with Gasteiger partial charge in [0.15, 0.2) is 4.96 Å². The summed E-state index contributed by atoms with van der Waals surface area (Å²) in [4.78, 5) is 18.5. The number of nitrogens with one attached hydrogen (secondary N) is 1. The molecule has 1 amide bonds. The number of thiazole rings is 1. The minimum Gasteiger partial charge on any atom is -0.350 e. The van der Waals surface area contributed by atoms with Gasteiger partial charge in [-0.2, -0.15) is 0 Å². The van der Waals surface area contributed by atoms with Gasteiger partial charge in [-0.15, -0.1) is 0 Å². The molecule has 0 saturated carbocycles. The standard InChI is InChI=1S/C26H23N3OS/c1-18(12-13-19-8-4-2-5-9-19)27-25(30)21-14-15-23-24(16-21)31-26-28-22(17-29(23)26)20-10-6-3-7-11-20/h2-11,14-18H,12-13H2,1H3,(H,27,30)/t18-/m1/s1. The summed E-state index contributed by atoms with van der Waals surface area (Å²) in [6.45, 7) is 2.06. The zero-order chi connectivity index (χ0) is 21.2. The second kappa shape index (κ2) is 8.36. The van der Waals surface area contributed by atoms with E-state index in [0.29, 0.717) is 5.56 Å². The topological polar surface area (TPSA) is 46.4 Å². The minimum absolute atomic E-state index is 0.0292. The number of aryl methyl sites for hydroxylation is 1. The van der Waals surface area contributed by atoms with Crippen molar-refractivity contribution < 1.29 is 4.79 Å². The van der Waals surface area contributed by atoms with Gasteiger partial charge in [0.25, 0.3) is 5.91 Å². The largest absolute Gasteiger partial charge is 0.350 e. The van der Waals surface area contributed by atoms with E-state index in [-0.39, 0.29) is 11.9 Å². The fourth-order valence-corrected chi connectivity index (χ4v) is 4.84. The number of hydrogen-bond donors (Lipinski definition) is 1. The fraction of sp³-hybridized carbons (Fsp3) is 0.154. The first kappa shape index (κ1) is 19.5. The van der Waals surface area contributed by atoms with Gasteiger partial charge >= 0.3 is 0 Å². The van der Waals surface area contributed by atoms with Crippen LogP contribution in [0.25, 0.3) is 26.4 Å². The molecule has 4 nitrogen and oxygen atoms in total. The Morgan fingerprint density at radius 2 is 1.77 bits per heavy atom. The van der Waals surface area contributed by atoms with Crippen LogP contribution in [0, 0.1) is 0 Å². The monoisotopic (exact) mass is 425 g/mol. The molecule has 0 aliphatic rings. The Morgan fingerprint density at radius 1 is 1.03 bits per heavy atom. The van der Waals surface area contributed by atoms with Crippen molar-refractivity contribution in [1.82, 2.24) is 14.7 Å². The van der Waals surface area contributed by atoms with Gasteiger partial charge in [-0.1, -0.05) is 72.0 Å². The average Bonchev–Trinajstić information content (AvgIpc) is 3.36. The van der Waals surface area contributed by atoms with Crippen molar-refractivity contribution in [2.24, 2.45) is 0 Å². The summed E-state index contributed by atoms with van der Waals surface area (Å²) in [6.07, 6.45) is 3.93. The highest BCUT2D eigenvalue weighted by Gasteiger charge is 2.14. The molecule has 0 aliphatic carbocycles. The van der Waals surface area contributed by atoms with Gasteiger partial charge in [0.05, 0.1) is 15.9 Å². The maximum Gasteiger partial charge on any atom is 0.251 e. The normalized spacial score (nSPS) is 12.3. The Morgan fingerprint density at radius 3 is 2.55 bits per heavy atom. The lowest BCUT2D eigenvalue weighted by Gasteiger charge is -2.14. The highest BCUT2D eigenvalue weighted by atomic mass is 32.1. The van der Waals surface area contributed by atoms with Gasteiger partial charge in [-0.25, -0.2) is 4.98 Å². The van der Waals surface area contributed by atoms with Crippen molar-refractivity contribution in [1.29, 1.82) is 0 Å². The maximum absolute atomic E-state index is 12.8. The zero-order valence-corrected chi connectivity index (χ0v) is 18.1. The van der Waals surface area contributed by atoms with Crippen molar-refractivity contribution in [2.75, 3.05) is 0 Å². The zero-order valence-electron chi connectivity index (χ0n) is 17.3. The molecule has 0 aliphatic heterocycles. The predicted octanol–water partition coefficient (Wildman–Crippen LogP) is 5.97. The molecular formula is C26H23N3OS. The number of fused-ring (bicyclic) bond motifs is 3. The lowest BCUT2D eigenvalue weighted by atomic mass is 10.1. The van der Waals surface area contributed by atoms with Gasteiger partial charge in [0.1, 0.15) is 0 Å². The molecule has 0 unspecified atom stereocenters. The molecule has 2 heterocycles. The highest BCUT2D eigenvalue weighted by molar-refractivity contribution is 7.23. The van der Waals surface area contributed by atoms with Crippen LogP contribution >= 0.6 is 11.3 Å². The third-order valence-corrected chi connectivity index (χ3v) is 6.53. The number of nitrogens with zero attached hydrogens (tertiary/aromatic N) is 2.